The number of hydrogen-bond acceptors (Lipinski definition) is 5. The molecule has 0 saturated carbocycles. The molecule has 0 bridgehead atoms. The molecule has 1 fully saturated rings. The molecule has 0 aliphatic carbocycles. The Morgan fingerprint density at radius 2 is 1.67 bits per heavy atom. The van der Waals surface area contributed by atoms with E-state index in [1.54, 1.807) is 34.8 Å². The number of rotatable bonds is 6. The Morgan fingerprint density at radius 3 is 2.27 bits per heavy atom. The fraction of sp³-hybridized carbons (Fsp3) is 0.409. The molecule has 2 aromatic rings. The molecule has 0 atom stereocenters. The van der Waals surface area contributed by atoms with Crippen LogP contribution >= 0.6 is 0 Å². The molecule has 2 heterocycles. The third-order valence-electron chi connectivity index (χ3n) is 5.32. The van der Waals surface area contributed by atoms with E-state index >= 15 is 0 Å². The summed E-state index contributed by atoms with van der Waals surface area (Å²) in [6.45, 7) is 6.12. The molecule has 3 rings (SSSR count). The maximum atomic E-state index is 12.4. The Morgan fingerprint density at radius 1 is 1.00 bits per heavy atom. The number of nitrogens with one attached hydrogen (secondary N) is 1. The van der Waals surface area contributed by atoms with Crippen molar-refractivity contribution in [2.24, 2.45) is 7.05 Å². The summed E-state index contributed by atoms with van der Waals surface area (Å²) in [5.41, 5.74) is 3.33. The Balaban J connectivity index is 1.42. The van der Waals surface area contributed by atoms with Gasteiger partial charge in [0.15, 0.2) is 6.61 Å². The van der Waals surface area contributed by atoms with Gasteiger partial charge in [0.25, 0.3) is 5.91 Å². The molecule has 1 aliphatic heterocycles. The highest BCUT2D eigenvalue weighted by atomic mass is 16.5. The zero-order chi connectivity index (χ0) is 21.7. The maximum absolute atomic E-state index is 12.4. The molecular formula is C22H28N4O4. The molecule has 2 amide bonds. The third-order valence-corrected chi connectivity index (χ3v) is 5.32. The third kappa shape index (κ3) is 5.27. The van der Waals surface area contributed by atoms with Crippen molar-refractivity contribution < 1.29 is 19.1 Å². The summed E-state index contributed by atoms with van der Waals surface area (Å²) >= 11 is 0. The summed E-state index contributed by atoms with van der Waals surface area (Å²) in [5, 5.41) is 2.99. The van der Waals surface area contributed by atoms with E-state index in [1.807, 2.05) is 36.9 Å². The standard InChI is InChI=1S/C22H28N4O4/c1-16-6-4-7-17(2)21(16)23-19(27)14-25-10-12-26(13-11-25)20(28)15-30-22(29)18-8-5-9-24(18)3/h4-9H,10-15H2,1-3H3,(H,23,27). The lowest BCUT2D eigenvalue weighted by atomic mass is 10.1. The number of nitrogens with zero attached hydrogens (tertiary/aromatic N) is 3. The monoisotopic (exact) mass is 412 g/mol. The summed E-state index contributed by atoms with van der Waals surface area (Å²) in [6, 6.07) is 9.30. The lowest BCUT2D eigenvalue weighted by Gasteiger charge is -2.34. The van der Waals surface area contributed by atoms with E-state index in [4.69, 9.17) is 4.74 Å². The molecule has 0 spiro atoms. The van der Waals surface area contributed by atoms with Gasteiger partial charge in [-0.15, -0.1) is 0 Å². The fourth-order valence-electron chi connectivity index (χ4n) is 3.51. The van der Waals surface area contributed by atoms with Crippen molar-refractivity contribution in [3.05, 3.63) is 53.3 Å². The first kappa shape index (κ1) is 21.6. The van der Waals surface area contributed by atoms with Crippen LogP contribution in [0.3, 0.4) is 0 Å². The van der Waals surface area contributed by atoms with Crippen molar-refractivity contribution in [3.8, 4) is 0 Å². The minimum Gasteiger partial charge on any atom is -0.451 e. The van der Waals surface area contributed by atoms with Crippen LogP contribution < -0.4 is 5.32 Å². The minimum atomic E-state index is -0.516. The number of benzene rings is 1. The highest BCUT2D eigenvalue weighted by Crippen LogP contribution is 2.19. The molecule has 1 aromatic heterocycles. The van der Waals surface area contributed by atoms with Gasteiger partial charge in [0.2, 0.25) is 5.91 Å². The topological polar surface area (TPSA) is 83.9 Å². The number of carbonyl (C=O) groups excluding carboxylic acids is 3. The normalized spacial score (nSPS) is 14.4. The van der Waals surface area contributed by atoms with Gasteiger partial charge in [0, 0.05) is 45.1 Å². The first-order chi connectivity index (χ1) is 14.3. The van der Waals surface area contributed by atoms with Crippen molar-refractivity contribution in [1.29, 1.82) is 0 Å². The van der Waals surface area contributed by atoms with E-state index < -0.39 is 5.97 Å². The number of amides is 2. The first-order valence-corrected chi connectivity index (χ1v) is 10.00. The predicted octanol–water partition coefficient (Wildman–Crippen LogP) is 1.58. The number of aromatic nitrogens is 1. The number of hydrogen-bond donors (Lipinski definition) is 1. The average molecular weight is 412 g/mol. The molecule has 0 unspecified atom stereocenters. The lowest BCUT2D eigenvalue weighted by molar-refractivity contribution is -0.136. The van der Waals surface area contributed by atoms with E-state index in [2.05, 4.69) is 5.32 Å². The second-order valence-corrected chi connectivity index (χ2v) is 7.55. The minimum absolute atomic E-state index is 0.0660. The molecule has 8 heteroatoms. The number of piperazine rings is 1. The molecule has 1 saturated heterocycles. The van der Waals surface area contributed by atoms with Crippen molar-refractivity contribution in [1.82, 2.24) is 14.4 Å². The second kappa shape index (κ2) is 9.58. The average Bonchev–Trinajstić information content (AvgIpc) is 3.15. The second-order valence-electron chi connectivity index (χ2n) is 7.55. The molecule has 8 nitrogen and oxygen atoms in total. The van der Waals surface area contributed by atoms with Gasteiger partial charge in [-0.2, -0.15) is 0 Å². The van der Waals surface area contributed by atoms with Crippen LogP contribution in [-0.2, 0) is 21.4 Å². The fourth-order valence-corrected chi connectivity index (χ4v) is 3.51. The Labute approximate surface area is 176 Å². The number of anilines is 1. The summed E-state index contributed by atoms with van der Waals surface area (Å²) in [6.07, 6.45) is 1.74. The molecular weight excluding hydrogens is 384 g/mol. The molecule has 0 radical (unpaired) electrons. The molecule has 1 aliphatic rings. The Kier molecular flexibility index (Phi) is 6.89. The SMILES string of the molecule is Cc1cccc(C)c1NC(=O)CN1CCN(C(=O)COC(=O)c2cccn2C)CC1. The van der Waals surface area contributed by atoms with Gasteiger partial charge in [-0.25, -0.2) is 4.79 Å². The van der Waals surface area contributed by atoms with Crippen LogP contribution in [0.25, 0.3) is 0 Å². The van der Waals surface area contributed by atoms with Gasteiger partial charge in [-0.1, -0.05) is 18.2 Å². The van der Waals surface area contributed by atoms with E-state index in [0.29, 0.717) is 31.9 Å². The zero-order valence-corrected chi connectivity index (χ0v) is 17.7. The van der Waals surface area contributed by atoms with Gasteiger partial charge >= 0.3 is 5.97 Å². The van der Waals surface area contributed by atoms with Crippen molar-refractivity contribution in [2.45, 2.75) is 13.8 Å². The number of para-hydroxylation sites is 1. The first-order valence-electron chi connectivity index (χ1n) is 10.00. The molecule has 1 N–H and O–H groups in total. The molecule has 1 aromatic carbocycles. The molecule has 160 valence electrons. The number of ether oxygens (including phenoxy) is 1. The van der Waals surface area contributed by atoms with Crippen LogP contribution in [-0.4, -0.2) is 71.5 Å². The summed E-state index contributed by atoms with van der Waals surface area (Å²) in [4.78, 5) is 40.5. The molecule has 30 heavy (non-hydrogen) atoms. The largest absolute Gasteiger partial charge is 0.451 e. The van der Waals surface area contributed by atoms with Crippen LogP contribution in [0, 0.1) is 13.8 Å². The van der Waals surface area contributed by atoms with Crippen LogP contribution in [0.15, 0.2) is 36.5 Å². The predicted molar refractivity (Wildman–Crippen MR) is 113 cm³/mol. The van der Waals surface area contributed by atoms with Crippen molar-refractivity contribution in [2.75, 3.05) is 44.6 Å². The van der Waals surface area contributed by atoms with Crippen LogP contribution in [0.4, 0.5) is 5.69 Å². The Bertz CT molecular complexity index is 909. The smallest absolute Gasteiger partial charge is 0.355 e. The highest BCUT2D eigenvalue weighted by Gasteiger charge is 2.24. The quantitative estimate of drug-likeness (QED) is 0.729. The summed E-state index contributed by atoms with van der Waals surface area (Å²) < 4.78 is 6.78. The van der Waals surface area contributed by atoms with Crippen LogP contribution in [0.5, 0.6) is 0 Å². The summed E-state index contributed by atoms with van der Waals surface area (Å²) in [7, 11) is 1.74. The maximum Gasteiger partial charge on any atom is 0.355 e. The number of esters is 1. The van der Waals surface area contributed by atoms with Gasteiger partial charge in [0.1, 0.15) is 5.69 Å². The van der Waals surface area contributed by atoms with Gasteiger partial charge in [-0.3, -0.25) is 14.5 Å². The van der Waals surface area contributed by atoms with Gasteiger partial charge < -0.3 is 19.5 Å². The van der Waals surface area contributed by atoms with Gasteiger partial charge in [0.05, 0.1) is 6.54 Å². The van der Waals surface area contributed by atoms with E-state index in [0.717, 1.165) is 16.8 Å². The number of aryl methyl sites for hydroxylation is 3. The van der Waals surface area contributed by atoms with E-state index in [1.165, 1.54) is 0 Å². The Hall–Kier alpha value is -3.13. The highest BCUT2D eigenvalue weighted by molar-refractivity contribution is 5.93. The lowest BCUT2D eigenvalue weighted by Crippen LogP contribution is -2.51. The number of carbonyl (C=O) groups is 3. The van der Waals surface area contributed by atoms with Crippen molar-refractivity contribution in [3.63, 3.8) is 0 Å². The van der Waals surface area contributed by atoms with E-state index in [-0.39, 0.29) is 25.0 Å². The van der Waals surface area contributed by atoms with Gasteiger partial charge in [-0.05, 0) is 37.1 Å². The van der Waals surface area contributed by atoms with Crippen LogP contribution in [0.1, 0.15) is 21.6 Å². The van der Waals surface area contributed by atoms with Crippen LogP contribution in [0.2, 0.25) is 0 Å². The summed E-state index contributed by atoms with van der Waals surface area (Å²) in [5.74, 6) is -0.807. The van der Waals surface area contributed by atoms with E-state index in [9.17, 15) is 14.4 Å². The van der Waals surface area contributed by atoms with Crippen molar-refractivity contribution >= 4 is 23.5 Å². The zero-order valence-electron chi connectivity index (χ0n) is 17.7.